The minimum absolute atomic E-state index is 0.0759. The van der Waals surface area contributed by atoms with Crippen LogP contribution in [0.1, 0.15) is 45.6 Å². The first-order valence-electron chi connectivity index (χ1n) is 7.76. The molecule has 0 heterocycles. The van der Waals surface area contributed by atoms with E-state index < -0.39 is 0 Å². The molecular weight excluding hydrogens is 292 g/mol. The van der Waals surface area contributed by atoms with Crippen molar-refractivity contribution in [2.75, 3.05) is 11.9 Å². The summed E-state index contributed by atoms with van der Waals surface area (Å²) in [4.78, 5) is 23.6. The highest BCUT2D eigenvalue weighted by atomic mass is 16.2. The first-order valence-corrected chi connectivity index (χ1v) is 7.76. The fourth-order valence-electron chi connectivity index (χ4n) is 1.74. The standard InChI is InChI=1S/C17H26N4O2/c1-4-17(2,3)12-19-15(22)9-10-16(23)21-14-7-5-13(6-8-14)11-20-18/h5-8,11H,4,9-10,12,18H2,1-3H3,(H,19,22)(H,21,23). The second-order valence-corrected chi connectivity index (χ2v) is 6.24. The Hall–Kier alpha value is -2.37. The SMILES string of the molecule is CCC(C)(C)CNC(=O)CCC(=O)Nc1ccc(C=NN)cc1. The Labute approximate surface area is 137 Å². The van der Waals surface area contributed by atoms with E-state index in [1.165, 1.54) is 6.21 Å². The van der Waals surface area contributed by atoms with Crippen LogP contribution < -0.4 is 16.5 Å². The van der Waals surface area contributed by atoms with Crippen LogP contribution in [-0.2, 0) is 9.59 Å². The van der Waals surface area contributed by atoms with E-state index in [1.807, 2.05) is 0 Å². The van der Waals surface area contributed by atoms with Crippen LogP contribution in [0, 0.1) is 5.41 Å². The largest absolute Gasteiger partial charge is 0.356 e. The van der Waals surface area contributed by atoms with Gasteiger partial charge in [0, 0.05) is 25.1 Å². The van der Waals surface area contributed by atoms with Crippen LogP contribution in [-0.4, -0.2) is 24.6 Å². The summed E-state index contributed by atoms with van der Waals surface area (Å²) in [6.45, 7) is 6.90. The second kappa shape index (κ2) is 8.92. The van der Waals surface area contributed by atoms with E-state index in [0.29, 0.717) is 12.2 Å². The van der Waals surface area contributed by atoms with Gasteiger partial charge in [0.15, 0.2) is 0 Å². The number of hydrazone groups is 1. The number of anilines is 1. The van der Waals surface area contributed by atoms with Crippen LogP contribution in [0.3, 0.4) is 0 Å². The Morgan fingerprint density at radius 3 is 2.35 bits per heavy atom. The van der Waals surface area contributed by atoms with Gasteiger partial charge in [0.1, 0.15) is 0 Å². The molecule has 0 aliphatic rings. The monoisotopic (exact) mass is 318 g/mol. The predicted octanol–water partition coefficient (Wildman–Crippen LogP) is 2.25. The summed E-state index contributed by atoms with van der Waals surface area (Å²) in [7, 11) is 0. The molecule has 126 valence electrons. The van der Waals surface area contributed by atoms with E-state index in [4.69, 9.17) is 5.84 Å². The number of hydrogen-bond acceptors (Lipinski definition) is 4. The lowest BCUT2D eigenvalue weighted by atomic mass is 9.90. The van der Waals surface area contributed by atoms with Gasteiger partial charge in [0.2, 0.25) is 11.8 Å². The molecule has 0 radical (unpaired) electrons. The van der Waals surface area contributed by atoms with Gasteiger partial charge in [-0.3, -0.25) is 9.59 Å². The molecule has 1 rings (SSSR count). The Morgan fingerprint density at radius 2 is 1.78 bits per heavy atom. The molecule has 6 nitrogen and oxygen atoms in total. The van der Waals surface area contributed by atoms with Crippen molar-refractivity contribution < 1.29 is 9.59 Å². The number of hydrogen-bond donors (Lipinski definition) is 3. The van der Waals surface area contributed by atoms with Crippen molar-refractivity contribution in [2.24, 2.45) is 16.4 Å². The fourth-order valence-corrected chi connectivity index (χ4v) is 1.74. The third kappa shape index (κ3) is 7.44. The molecule has 0 saturated heterocycles. The van der Waals surface area contributed by atoms with Crippen LogP contribution >= 0.6 is 0 Å². The van der Waals surface area contributed by atoms with Crippen LogP contribution in [0.2, 0.25) is 0 Å². The zero-order chi connectivity index (χ0) is 17.3. The van der Waals surface area contributed by atoms with E-state index in [9.17, 15) is 9.59 Å². The van der Waals surface area contributed by atoms with Gasteiger partial charge in [-0.15, -0.1) is 0 Å². The predicted molar refractivity (Wildman–Crippen MR) is 93.2 cm³/mol. The molecule has 1 aromatic rings. The Balaban J connectivity index is 2.35. The van der Waals surface area contributed by atoms with Crippen LogP contribution in [0.25, 0.3) is 0 Å². The molecule has 0 aliphatic heterocycles. The summed E-state index contributed by atoms with van der Waals surface area (Å²) in [5.74, 6) is 4.78. The maximum atomic E-state index is 11.8. The third-order valence-electron chi connectivity index (χ3n) is 3.72. The Kier molecular flexibility index (Phi) is 7.25. The first kappa shape index (κ1) is 18.7. The third-order valence-corrected chi connectivity index (χ3v) is 3.72. The van der Waals surface area contributed by atoms with Crippen molar-refractivity contribution in [3.63, 3.8) is 0 Å². The number of rotatable bonds is 8. The van der Waals surface area contributed by atoms with Gasteiger partial charge in [-0.1, -0.05) is 32.9 Å². The van der Waals surface area contributed by atoms with Gasteiger partial charge in [0.05, 0.1) is 6.21 Å². The molecule has 1 aromatic carbocycles. The number of nitrogens with one attached hydrogen (secondary N) is 2. The van der Waals surface area contributed by atoms with E-state index in [0.717, 1.165) is 12.0 Å². The van der Waals surface area contributed by atoms with Gasteiger partial charge < -0.3 is 16.5 Å². The van der Waals surface area contributed by atoms with Crippen molar-refractivity contribution >= 4 is 23.7 Å². The van der Waals surface area contributed by atoms with Crippen LogP contribution in [0.4, 0.5) is 5.69 Å². The molecule has 0 aliphatic carbocycles. The summed E-state index contributed by atoms with van der Waals surface area (Å²) in [5.41, 5.74) is 1.60. The Bertz CT molecular complexity index is 550. The molecule has 0 bridgehead atoms. The normalized spacial score (nSPS) is 11.4. The average molecular weight is 318 g/mol. The second-order valence-electron chi connectivity index (χ2n) is 6.24. The Morgan fingerprint density at radius 1 is 1.17 bits per heavy atom. The van der Waals surface area contributed by atoms with Gasteiger partial charge in [0.25, 0.3) is 0 Å². The molecule has 0 atom stereocenters. The quantitative estimate of drug-likeness (QED) is 0.389. The molecule has 2 amide bonds. The van der Waals surface area contributed by atoms with E-state index in [-0.39, 0.29) is 30.1 Å². The number of carbonyl (C=O) groups is 2. The molecule has 0 aromatic heterocycles. The molecule has 0 saturated carbocycles. The minimum atomic E-state index is -0.185. The molecular formula is C17H26N4O2. The van der Waals surface area contributed by atoms with Crippen LogP contribution in [0.15, 0.2) is 29.4 Å². The van der Waals surface area contributed by atoms with Crippen molar-refractivity contribution in [1.29, 1.82) is 0 Å². The summed E-state index contributed by atoms with van der Waals surface area (Å²) in [5, 5.41) is 9.05. The molecule has 4 N–H and O–H groups in total. The first-order chi connectivity index (χ1) is 10.9. The maximum absolute atomic E-state index is 11.8. The van der Waals surface area contributed by atoms with Crippen molar-refractivity contribution in [2.45, 2.75) is 40.0 Å². The topological polar surface area (TPSA) is 96.6 Å². The summed E-state index contributed by atoms with van der Waals surface area (Å²) in [6.07, 6.45) is 2.85. The van der Waals surface area contributed by atoms with Crippen molar-refractivity contribution in [3.05, 3.63) is 29.8 Å². The average Bonchev–Trinajstić information content (AvgIpc) is 2.53. The van der Waals surface area contributed by atoms with Crippen molar-refractivity contribution in [1.82, 2.24) is 5.32 Å². The fraction of sp³-hybridized carbons (Fsp3) is 0.471. The van der Waals surface area contributed by atoms with Gasteiger partial charge in [-0.2, -0.15) is 5.10 Å². The number of nitrogens with two attached hydrogens (primary N) is 1. The van der Waals surface area contributed by atoms with Gasteiger partial charge >= 0.3 is 0 Å². The zero-order valence-corrected chi connectivity index (χ0v) is 14.1. The van der Waals surface area contributed by atoms with Crippen LogP contribution in [0.5, 0.6) is 0 Å². The summed E-state index contributed by atoms with van der Waals surface area (Å²) in [6, 6.07) is 7.12. The molecule has 6 heteroatoms. The zero-order valence-electron chi connectivity index (χ0n) is 14.1. The molecule has 23 heavy (non-hydrogen) atoms. The highest BCUT2D eigenvalue weighted by molar-refractivity contribution is 5.93. The lowest BCUT2D eigenvalue weighted by molar-refractivity contribution is -0.124. The summed E-state index contributed by atoms with van der Waals surface area (Å²) >= 11 is 0. The lowest BCUT2D eigenvalue weighted by Gasteiger charge is -2.22. The smallest absolute Gasteiger partial charge is 0.224 e. The van der Waals surface area contributed by atoms with Gasteiger partial charge in [-0.25, -0.2) is 0 Å². The summed E-state index contributed by atoms with van der Waals surface area (Å²) < 4.78 is 0. The lowest BCUT2D eigenvalue weighted by Crippen LogP contribution is -2.33. The van der Waals surface area contributed by atoms with E-state index >= 15 is 0 Å². The highest BCUT2D eigenvalue weighted by Gasteiger charge is 2.16. The van der Waals surface area contributed by atoms with E-state index in [2.05, 4.69) is 36.5 Å². The van der Waals surface area contributed by atoms with E-state index in [1.54, 1.807) is 24.3 Å². The number of nitrogens with zero attached hydrogens (tertiary/aromatic N) is 1. The minimum Gasteiger partial charge on any atom is -0.356 e. The van der Waals surface area contributed by atoms with Crippen molar-refractivity contribution in [3.8, 4) is 0 Å². The highest BCUT2D eigenvalue weighted by Crippen LogP contribution is 2.17. The number of amides is 2. The number of benzene rings is 1. The number of carbonyl (C=O) groups excluding carboxylic acids is 2. The molecule has 0 spiro atoms. The maximum Gasteiger partial charge on any atom is 0.224 e. The van der Waals surface area contributed by atoms with Gasteiger partial charge in [-0.05, 0) is 29.5 Å². The molecule has 0 unspecified atom stereocenters. The molecule has 0 fully saturated rings.